The summed E-state index contributed by atoms with van der Waals surface area (Å²) < 4.78 is 2.43. The summed E-state index contributed by atoms with van der Waals surface area (Å²) in [6, 6.07) is 0. The highest BCUT2D eigenvalue weighted by atomic mass is 79.9. The summed E-state index contributed by atoms with van der Waals surface area (Å²) in [6.45, 7) is 6.22. The first-order valence-corrected chi connectivity index (χ1v) is 7.69. The van der Waals surface area contributed by atoms with E-state index in [1.54, 1.807) is 28.9 Å². The Kier molecular flexibility index (Phi) is 5.02. The Labute approximate surface area is 137 Å². The molecule has 0 radical (unpaired) electrons. The van der Waals surface area contributed by atoms with Crippen molar-refractivity contribution in [3.8, 4) is 0 Å². The predicted molar refractivity (Wildman–Crippen MR) is 83.8 cm³/mol. The van der Waals surface area contributed by atoms with Crippen molar-refractivity contribution in [1.82, 2.24) is 20.0 Å². The van der Waals surface area contributed by atoms with E-state index in [-0.39, 0.29) is 30.8 Å². The summed E-state index contributed by atoms with van der Waals surface area (Å²) in [5, 5.41) is 17.1. The number of halogens is 1. The van der Waals surface area contributed by atoms with Gasteiger partial charge in [0.25, 0.3) is 0 Å². The smallest absolute Gasteiger partial charge is 0.246 e. The van der Waals surface area contributed by atoms with Gasteiger partial charge < -0.3 is 15.3 Å². The minimum Gasteiger partial charge on any atom is -0.386 e. The van der Waals surface area contributed by atoms with Crippen LogP contribution >= 0.6 is 15.9 Å². The van der Waals surface area contributed by atoms with Crippen LogP contribution in [0.5, 0.6) is 0 Å². The maximum Gasteiger partial charge on any atom is 0.246 e. The average molecular weight is 371 g/mol. The molecule has 1 aromatic heterocycles. The molecule has 2 amide bonds. The van der Waals surface area contributed by atoms with E-state index in [4.69, 9.17) is 0 Å². The Morgan fingerprint density at radius 3 is 2.86 bits per heavy atom. The molecule has 0 spiro atoms. The van der Waals surface area contributed by atoms with E-state index in [0.717, 1.165) is 4.47 Å². The van der Waals surface area contributed by atoms with E-state index in [2.05, 4.69) is 32.9 Å². The molecule has 1 unspecified atom stereocenters. The van der Waals surface area contributed by atoms with Crippen molar-refractivity contribution < 1.29 is 14.7 Å². The molecule has 1 aliphatic rings. The van der Waals surface area contributed by atoms with Crippen LogP contribution in [0.2, 0.25) is 0 Å². The third-order valence-electron chi connectivity index (χ3n) is 3.49. The van der Waals surface area contributed by atoms with E-state index in [0.29, 0.717) is 13.1 Å². The molecule has 1 aromatic rings. The standard InChI is InChI=1S/C14H19BrN4O3/c1-3-12(20)18-5-10(6-18)13(21)16-8-14(2,22)9-19-7-11(15)4-17-19/h3-4,7,10,22H,1,5-6,8-9H2,2H3,(H,16,21). The molecule has 0 saturated carbocycles. The molecule has 1 atom stereocenters. The van der Waals surface area contributed by atoms with Crippen molar-refractivity contribution in [3.05, 3.63) is 29.5 Å². The van der Waals surface area contributed by atoms with Crippen LogP contribution in [0.15, 0.2) is 29.5 Å². The first kappa shape index (κ1) is 16.7. The fourth-order valence-electron chi connectivity index (χ4n) is 2.21. The second-order valence-electron chi connectivity index (χ2n) is 5.72. The zero-order valence-corrected chi connectivity index (χ0v) is 13.9. The fourth-order valence-corrected chi connectivity index (χ4v) is 2.53. The molecule has 2 N–H and O–H groups in total. The van der Waals surface area contributed by atoms with E-state index in [1.807, 2.05) is 0 Å². The molecule has 0 bridgehead atoms. The van der Waals surface area contributed by atoms with Crippen molar-refractivity contribution in [2.45, 2.75) is 19.1 Å². The predicted octanol–water partition coefficient (Wildman–Crippen LogP) is 0.157. The number of carbonyl (C=O) groups excluding carboxylic acids is 2. The van der Waals surface area contributed by atoms with Crippen molar-refractivity contribution in [3.63, 3.8) is 0 Å². The van der Waals surface area contributed by atoms with Crippen molar-refractivity contribution in [2.75, 3.05) is 19.6 Å². The van der Waals surface area contributed by atoms with E-state index in [1.165, 1.54) is 6.08 Å². The zero-order valence-electron chi connectivity index (χ0n) is 12.3. The van der Waals surface area contributed by atoms with E-state index < -0.39 is 5.60 Å². The SMILES string of the molecule is C=CC(=O)N1CC(C(=O)NCC(C)(O)Cn2cc(Br)cn2)C1. The van der Waals surface area contributed by atoms with Gasteiger partial charge in [-0.25, -0.2) is 0 Å². The van der Waals surface area contributed by atoms with Gasteiger partial charge in [-0.05, 0) is 28.9 Å². The summed E-state index contributed by atoms with van der Waals surface area (Å²) in [7, 11) is 0. The third-order valence-corrected chi connectivity index (χ3v) is 3.90. The highest BCUT2D eigenvalue weighted by molar-refractivity contribution is 9.10. The molecule has 22 heavy (non-hydrogen) atoms. The number of amides is 2. The van der Waals surface area contributed by atoms with Crippen molar-refractivity contribution in [1.29, 1.82) is 0 Å². The van der Waals surface area contributed by atoms with Gasteiger partial charge in [-0.1, -0.05) is 6.58 Å². The molecule has 1 fully saturated rings. The molecule has 1 saturated heterocycles. The Hall–Kier alpha value is -1.67. The second kappa shape index (κ2) is 6.62. The van der Waals surface area contributed by atoms with Crippen LogP contribution in [0, 0.1) is 5.92 Å². The van der Waals surface area contributed by atoms with Crippen LogP contribution in [0.3, 0.4) is 0 Å². The number of rotatable bonds is 6. The van der Waals surface area contributed by atoms with Crippen LogP contribution in [-0.4, -0.2) is 56.8 Å². The Morgan fingerprint density at radius 2 is 2.32 bits per heavy atom. The normalized spacial score (nSPS) is 17.5. The zero-order chi connectivity index (χ0) is 16.3. The van der Waals surface area contributed by atoms with Crippen molar-refractivity contribution >= 4 is 27.7 Å². The molecule has 120 valence electrons. The van der Waals surface area contributed by atoms with Gasteiger partial charge in [0.15, 0.2) is 0 Å². The minimum atomic E-state index is -1.11. The lowest BCUT2D eigenvalue weighted by Gasteiger charge is -2.38. The monoisotopic (exact) mass is 370 g/mol. The summed E-state index contributed by atoms with van der Waals surface area (Å²) in [5.41, 5.74) is -1.11. The lowest BCUT2D eigenvalue weighted by Crippen LogP contribution is -2.56. The molecule has 0 aromatic carbocycles. The lowest BCUT2D eigenvalue weighted by molar-refractivity contribution is -0.140. The van der Waals surface area contributed by atoms with Gasteiger partial charge in [-0.15, -0.1) is 0 Å². The molecule has 1 aliphatic heterocycles. The van der Waals surface area contributed by atoms with Crippen LogP contribution in [0.4, 0.5) is 0 Å². The number of nitrogens with zero attached hydrogens (tertiary/aromatic N) is 3. The number of likely N-dealkylation sites (tertiary alicyclic amines) is 1. The number of nitrogens with one attached hydrogen (secondary N) is 1. The Bertz CT molecular complexity index is 578. The second-order valence-corrected chi connectivity index (χ2v) is 6.63. The van der Waals surface area contributed by atoms with Crippen LogP contribution in [0.1, 0.15) is 6.92 Å². The summed E-state index contributed by atoms with van der Waals surface area (Å²) in [4.78, 5) is 24.8. The molecular weight excluding hydrogens is 352 g/mol. The maximum atomic E-state index is 12.0. The van der Waals surface area contributed by atoms with Gasteiger partial charge in [0.05, 0.1) is 28.7 Å². The molecule has 2 rings (SSSR count). The van der Waals surface area contributed by atoms with E-state index >= 15 is 0 Å². The van der Waals surface area contributed by atoms with Gasteiger partial charge in [0.1, 0.15) is 0 Å². The van der Waals surface area contributed by atoms with Gasteiger partial charge >= 0.3 is 0 Å². The number of aliphatic hydroxyl groups is 1. The molecule has 0 aliphatic carbocycles. The minimum absolute atomic E-state index is 0.120. The van der Waals surface area contributed by atoms with Gasteiger partial charge in [0.2, 0.25) is 11.8 Å². The van der Waals surface area contributed by atoms with E-state index in [9.17, 15) is 14.7 Å². The summed E-state index contributed by atoms with van der Waals surface area (Å²) in [6.07, 6.45) is 4.62. The first-order valence-electron chi connectivity index (χ1n) is 6.90. The average Bonchev–Trinajstić information content (AvgIpc) is 2.79. The number of hydrogen-bond donors (Lipinski definition) is 2. The quantitative estimate of drug-likeness (QED) is 0.698. The van der Waals surface area contributed by atoms with Crippen LogP contribution in [0.25, 0.3) is 0 Å². The Balaban J connectivity index is 1.76. The summed E-state index contributed by atoms with van der Waals surface area (Å²) >= 11 is 3.29. The Morgan fingerprint density at radius 1 is 1.64 bits per heavy atom. The number of hydrogen-bond acceptors (Lipinski definition) is 4. The highest BCUT2D eigenvalue weighted by Gasteiger charge is 2.35. The summed E-state index contributed by atoms with van der Waals surface area (Å²) in [5.74, 6) is -0.547. The van der Waals surface area contributed by atoms with Gasteiger partial charge in [-0.3, -0.25) is 14.3 Å². The lowest BCUT2D eigenvalue weighted by atomic mass is 9.98. The largest absolute Gasteiger partial charge is 0.386 e. The van der Waals surface area contributed by atoms with Gasteiger partial charge in [0, 0.05) is 25.8 Å². The molecule has 7 nitrogen and oxygen atoms in total. The van der Waals surface area contributed by atoms with Crippen molar-refractivity contribution in [2.24, 2.45) is 5.92 Å². The van der Waals surface area contributed by atoms with Crippen LogP contribution in [-0.2, 0) is 16.1 Å². The topological polar surface area (TPSA) is 87.5 Å². The first-order chi connectivity index (χ1) is 10.3. The fraction of sp³-hybridized carbons (Fsp3) is 0.500. The highest BCUT2D eigenvalue weighted by Crippen LogP contribution is 2.16. The van der Waals surface area contributed by atoms with Gasteiger partial charge in [-0.2, -0.15) is 5.10 Å². The molecule has 2 heterocycles. The van der Waals surface area contributed by atoms with Crippen LogP contribution < -0.4 is 5.32 Å². The molecular formula is C14H19BrN4O3. The number of carbonyl (C=O) groups is 2. The third kappa shape index (κ3) is 4.17. The molecule has 8 heteroatoms. The maximum absolute atomic E-state index is 12.0. The number of aromatic nitrogens is 2.